The molecular weight excluding hydrogens is 252 g/mol. The zero-order valence-corrected chi connectivity index (χ0v) is 12.5. The van der Waals surface area contributed by atoms with Gasteiger partial charge in [-0.05, 0) is 66.2 Å². The van der Waals surface area contributed by atoms with E-state index >= 15 is 0 Å². The van der Waals surface area contributed by atoms with Crippen molar-refractivity contribution in [3.8, 4) is 0 Å². The highest BCUT2D eigenvalue weighted by atomic mass is 14.3. The van der Waals surface area contributed by atoms with E-state index in [4.69, 9.17) is 0 Å². The second-order valence-corrected chi connectivity index (χ2v) is 6.50. The Morgan fingerprint density at radius 3 is 2.52 bits per heavy atom. The minimum absolute atomic E-state index is 0.596. The first-order valence-electron chi connectivity index (χ1n) is 8.34. The second-order valence-electron chi connectivity index (χ2n) is 6.50. The lowest BCUT2D eigenvalue weighted by Gasteiger charge is -2.31. The van der Waals surface area contributed by atoms with Crippen LogP contribution < -0.4 is 0 Å². The SMILES string of the molecule is [C]1c2ccccc2CCC1C1CCCCc2ccccc21. The Bertz CT molecular complexity index is 625. The van der Waals surface area contributed by atoms with Crippen LogP contribution in [0.25, 0.3) is 0 Å². The third-order valence-corrected chi connectivity index (χ3v) is 5.23. The van der Waals surface area contributed by atoms with Crippen molar-refractivity contribution >= 4 is 0 Å². The molecule has 0 bridgehead atoms. The van der Waals surface area contributed by atoms with E-state index in [0.29, 0.717) is 11.8 Å². The Balaban J connectivity index is 1.65. The summed E-state index contributed by atoms with van der Waals surface area (Å²) in [6, 6.07) is 17.9. The van der Waals surface area contributed by atoms with Crippen LogP contribution in [0.1, 0.15) is 53.9 Å². The molecule has 0 heterocycles. The molecule has 0 nitrogen and oxygen atoms in total. The van der Waals surface area contributed by atoms with Gasteiger partial charge in [-0.2, -0.15) is 0 Å². The molecule has 0 saturated carbocycles. The molecular formula is C21H22. The summed E-state index contributed by atoms with van der Waals surface area (Å²) in [7, 11) is 0. The van der Waals surface area contributed by atoms with E-state index in [1.165, 1.54) is 49.7 Å². The summed E-state index contributed by atoms with van der Waals surface area (Å²) in [5.41, 5.74) is 6.03. The molecule has 0 fully saturated rings. The number of fused-ring (bicyclic) bond motifs is 2. The summed E-state index contributed by atoms with van der Waals surface area (Å²) >= 11 is 0. The van der Waals surface area contributed by atoms with E-state index in [1.54, 1.807) is 11.1 Å². The summed E-state index contributed by atoms with van der Waals surface area (Å²) in [6.07, 6.45) is 11.6. The summed E-state index contributed by atoms with van der Waals surface area (Å²) in [5.74, 6) is 1.27. The van der Waals surface area contributed by atoms with Gasteiger partial charge in [0.2, 0.25) is 0 Å². The molecule has 21 heavy (non-hydrogen) atoms. The first-order valence-corrected chi connectivity index (χ1v) is 8.34. The number of rotatable bonds is 1. The fourth-order valence-electron chi connectivity index (χ4n) is 4.14. The van der Waals surface area contributed by atoms with Crippen molar-refractivity contribution in [1.29, 1.82) is 0 Å². The molecule has 2 radical (unpaired) electrons. The van der Waals surface area contributed by atoms with Crippen molar-refractivity contribution < 1.29 is 0 Å². The summed E-state index contributed by atoms with van der Waals surface area (Å²) in [6.45, 7) is 0. The van der Waals surface area contributed by atoms with Crippen molar-refractivity contribution in [1.82, 2.24) is 0 Å². The molecule has 0 amide bonds. The van der Waals surface area contributed by atoms with Gasteiger partial charge < -0.3 is 0 Å². The normalized spacial score (nSPS) is 24.8. The Hall–Kier alpha value is -1.56. The minimum atomic E-state index is 0.596. The van der Waals surface area contributed by atoms with Crippen molar-refractivity contribution in [2.45, 2.75) is 44.4 Å². The average Bonchev–Trinajstić information content (AvgIpc) is 2.77. The smallest absolute Gasteiger partial charge is 0.0207 e. The van der Waals surface area contributed by atoms with Gasteiger partial charge in [0.05, 0.1) is 0 Å². The molecule has 2 atom stereocenters. The molecule has 106 valence electrons. The summed E-state index contributed by atoms with van der Waals surface area (Å²) in [5, 5.41) is 0. The van der Waals surface area contributed by atoms with Gasteiger partial charge in [-0.15, -0.1) is 0 Å². The molecule has 2 aromatic rings. The van der Waals surface area contributed by atoms with Crippen molar-refractivity contribution in [2.24, 2.45) is 5.92 Å². The monoisotopic (exact) mass is 274 g/mol. The Labute approximate surface area is 128 Å². The van der Waals surface area contributed by atoms with Crippen molar-refractivity contribution in [2.75, 3.05) is 0 Å². The van der Waals surface area contributed by atoms with E-state index in [9.17, 15) is 0 Å². The second kappa shape index (κ2) is 5.67. The van der Waals surface area contributed by atoms with Crippen LogP contribution >= 0.6 is 0 Å². The largest absolute Gasteiger partial charge is 0.0620 e. The molecule has 0 saturated heterocycles. The van der Waals surface area contributed by atoms with E-state index in [1.807, 2.05) is 0 Å². The highest BCUT2D eigenvalue weighted by Crippen LogP contribution is 2.42. The van der Waals surface area contributed by atoms with Gasteiger partial charge in [0.25, 0.3) is 0 Å². The standard InChI is InChI=1S/C21H22/c1-2-10-18-15-19(14-13-16(18)7-1)21-12-6-4-9-17-8-3-5-11-20(17)21/h1-3,5,7-8,10-11,19,21H,4,6,9,12-14H2. The first-order chi connectivity index (χ1) is 10.4. The molecule has 4 rings (SSSR count). The van der Waals surface area contributed by atoms with Gasteiger partial charge in [-0.25, -0.2) is 0 Å². The predicted molar refractivity (Wildman–Crippen MR) is 87.3 cm³/mol. The zero-order chi connectivity index (χ0) is 14.1. The molecule has 2 aromatic carbocycles. The van der Waals surface area contributed by atoms with Crippen LogP contribution in [0, 0.1) is 12.3 Å². The summed E-state index contributed by atoms with van der Waals surface area (Å²) < 4.78 is 0. The molecule has 2 aliphatic carbocycles. The molecule has 0 aromatic heterocycles. The topological polar surface area (TPSA) is 0 Å². The van der Waals surface area contributed by atoms with Gasteiger partial charge in [0, 0.05) is 6.42 Å². The molecule has 2 unspecified atom stereocenters. The van der Waals surface area contributed by atoms with Crippen LogP contribution in [0.3, 0.4) is 0 Å². The van der Waals surface area contributed by atoms with E-state index in [-0.39, 0.29) is 0 Å². The lowest BCUT2D eigenvalue weighted by molar-refractivity contribution is 0.413. The van der Waals surface area contributed by atoms with Crippen LogP contribution in [-0.4, -0.2) is 0 Å². The minimum Gasteiger partial charge on any atom is -0.0620 e. The maximum absolute atomic E-state index is 3.84. The van der Waals surface area contributed by atoms with Gasteiger partial charge in [0.1, 0.15) is 0 Å². The highest BCUT2D eigenvalue weighted by molar-refractivity contribution is 5.39. The van der Waals surface area contributed by atoms with Crippen LogP contribution in [0.2, 0.25) is 0 Å². The van der Waals surface area contributed by atoms with Gasteiger partial charge in [-0.1, -0.05) is 55.0 Å². The fraction of sp³-hybridized carbons (Fsp3) is 0.381. The van der Waals surface area contributed by atoms with Gasteiger partial charge in [0.15, 0.2) is 0 Å². The molecule has 0 heteroatoms. The van der Waals surface area contributed by atoms with Crippen LogP contribution in [0.4, 0.5) is 0 Å². The van der Waals surface area contributed by atoms with Crippen LogP contribution in [0.15, 0.2) is 48.5 Å². The quantitative estimate of drug-likeness (QED) is 0.628. The molecule has 2 aliphatic rings. The number of hydrogen-bond donors (Lipinski definition) is 0. The lowest BCUT2D eigenvalue weighted by atomic mass is 9.73. The lowest BCUT2D eigenvalue weighted by Crippen LogP contribution is -2.20. The third-order valence-electron chi connectivity index (χ3n) is 5.23. The number of hydrogen-bond acceptors (Lipinski definition) is 0. The number of benzene rings is 2. The van der Waals surface area contributed by atoms with E-state index in [0.717, 1.165) is 0 Å². The van der Waals surface area contributed by atoms with Crippen molar-refractivity contribution in [3.63, 3.8) is 0 Å². The third kappa shape index (κ3) is 2.52. The van der Waals surface area contributed by atoms with Crippen molar-refractivity contribution in [3.05, 3.63) is 77.2 Å². The Kier molecular flexibility index (Phi) is 3.55. The first kappa shape index (κ1) is 13.1. The zero-order valence-electron chi connectivity index (χ0n) is 12.5. The van der Waals surface area contributed by atoms with E-state index < -0.39 is 0 Å². The maximum Gasteiger partial charge on any atom is 0.0207 e. The van der Waals surface area contributed by atoms with Crippen LogP contribution in [0.5, 0.6) is 0 Å². The van der Waals surface area contributed by atoms with Crippen LogP contribution in [-0.2, 0) is 12.8 Å². The average molecular weight is 274 g/mol. The maximum atomic E-state index is 3.84. The van der Waals surface area contributed by atoms with Gasteiger partial charge in [-0.3, -0.25) is 0 Å². The Morgan fingerprint density at radius 2 is 1.57 bits per heavy atom. The molecule has 0 N–H and O–H groups in total. The van der Waals surface area contributed by atoms with Gasteiger partial charge >= 0.3 is 0 Å². The molecule has 0 aliphatic heterocycles. The highest BCUT2D eigenvalue weighted by Gasteiger charge is 2.29. The fourth-order valence-corrected chi connectivity index (χ4v) is 4.14. The molecule has 0 spiro atoms. The summed E-state index contributed by atoms with van der Waals surface area (Å²) in [4.78, 5) is 0. The number of aryl methyl sites for hydroxylation is 2. The predicted octanol–water partition coefficient (Wildman–Crippen LogP) is 5.19. The van der Waals surface area contributed by atoms with E-state index in [2.05, 4.69) is 55.0 Å². The Morgan fingerprint density at radius 1 is 0.762 bits per heavy atom.